The third-order valence-corrected chi connectivity index (χ3v) is 6.74. The maximum Gasteiger partial charge on any atom is 0.250 e. The van der Waals surface area contributed by atoms with Crippen molar-refractivity contribution in [3.63, 3.8) is 0 Å². The van der Waals surface area contributed by atoms with Crippen LogP contribution >= 0.6 is 22.9 Å². The van der Waals surface area contributed by atoms with Gasteiger partial charge in [0.2, 0.25) is 10.0 Å². The van der Waals surface area contributed by atoms with E-state index in [1.165, 1.54) is 6.07 Å². The van der Waals surface area contributed by atoms with E-state index in [4.69, 9.17) is 21.1 Å². The Bertz CT molecular complexity index is 580. The van der Waals surface area contributed by atoms with E-state index in [9.17, 15) is 8.42 Å². The lowest BCUT2D eigenvalue weighted by Crippen LogP contribution is -2.34. The molecule has 2 heterocycles. The number of hydrogen-bond donors (Lipinski definition) is 1. The van der Waals surface area contributed by atoms with Gasteiger partial charge in [0.25, 0.3) is 0 Å². The minimum atomic E-state index is -3.51. The Labute approximate surface area is 127 Å². The van der Waals surface area contributed by atoms with Crippen LogP contribution in [0.5, 0.6) is 0 Å². The molecule has 0 aromatic carbocycles. The summed E-state index contributed by atoms with van der Waals surface area (Å²) in [6, 6.07) is 3.07. The van der Waals surface area contributed by atoms with Gasteiger partial charge < -0.3 is 9.47 Å². The molecule has 1 aliphatic carbocycles. The molecule has 8 heteroatoms. The molecule has 2 fully saturated rings. The molecule has 1 N–H and O–H groups in total. The fraction of sp³-hybridized carbons (Fsp3) is 0.667. The summed E-state index contributed by atoms with van der Waals surface area (Å²) >= 11 is 6.80. The fourth-order valence-electron chi connectivity index (χ4n) is 2.61. The van der Waals surface area contributed by atoms with Crippen molar-refractivity contribution in [3.05, 3.63) is 16.5 Å². The second kappa shape index (κ2) is 5.55. The standard InChI is InChI=1S/C12H16ClNO4S2/c13-10-3-4-11(19-10)20(15,16)14-7-9-8-17-12(18-9)5-1-2-6-12/h3-4,9,14H,1-2,5-8H2. The topological polar surface area (TPSA) is 64.6 Å². The minimum Gasteiger partial charge on any atom is -0.347 e. The van der Waals surface area contributed by atoms with Gasteiger partial charge in [0.1, 0.15) is 4.21 Å². The predicted octanol–water partition coefficient (Wildman–Crippen LogP) is 2.37. The third-order valence-electron chi connectivity index (χ3n) is 3.59. The van der Waals surface area contributed by atoms with Crippen molar-refractivity contribution in [2.75, 3.05) is 13.2 Å². The van der Waals surface area contributed by atoms with Crippen LogP contribution in [0.2, 0.25) is 4.34 Å². The Morgan fingerprint density at radius 3 is 2.80 bits per heavy atom. The smallest absolute Gasteiger partial charge is 0.250 e. The summed E-state index contributed by atoms with van der Waals surface area (Å²) in [5, 5.41) is 0. The molecule has 1 spiro atoms. The van der Waals surface area contributed by atoms with Gasteiger partial charge in [-0.1, -0.05) is 11.6 Å². The van der Waals surface area contributed by atoms with Crippen LogP contribution in [0.15, 0.2) is 16.3 Å². The van der Waals surface area contributed by atoms with Crippen LogP contribution < -0.4 is 4.72 Å². The summed E-state index contributed by atoms with van der Waals surface area (Å²) in [6.07, 6.45) is 3.78. The molecule has 1 atom stereocenters. The van der Waals surface area contributed by atoms with Crippen LogP contribution in [0.1, 0.15) is 25.7 Å². The van der Waals surface area contributed by atoms with Gasteiger partial charge in [-0.15, -0.1) is 11.3 Å². The SMILES string of the molecule is O=S(=O)(NCC1COC2(CCCC2)O1)c1ccc(Cl)s1. The van der Waals surface area contributed by atoms with Gasteiger partial charge >= 0.3 is 0 Å². The van der Waals surface area contributed by atoms with E-state index in [1.54, 1.807) is 6.07 Å². The molecule has 0 radical (unpaired) electrons. The Morgan fingerprint density at radius 2 is 2.15 bits per heavy atom. The molecule has 1 aromatic rings. The summed E-state index contributed by atoms with van der Waals surface area (Å²) < 4.78 is 38.9. The fourth-order valence-corrected chi connectivity index (χ4v) is 5.20. The third kappa shape index (κ3) is 3.03. The number of halogens is 1. The summed E-state index contributed by atoms with van der Waals surface area (Å²) in [4.78, 5) is 0. The molecule has 20 heavy (non-hydrogen) atoms. The Balaban J connectivity index is 1.57. The van der Waals surface area contributed by atoms with E-state index in [2.05, 4.69) is 4.72 Å². The average Bonchev–Trinajstić information content (AvgIpc) is 3.11. The lowest BCUT2D eigenvalue weighted by atomic mass is 10.2. The normalized spacial score (nSPS) is 25.6. The highest BCUT2D eigenvalue weighted by atomic mass is 35.5. The van der Waals surface area contributed by atoms with Crippen molar-refractivity contribution in [1.82, 2.24) is 4.72 Å². The summed E-state index contributed by atoms with van der Waals surface area (Å²) in [7, 11) is -3.51. The van der Waals surface area contributed by atoms with Gasteiger partial charge in [-0.25, -0.2) is 13.1 Å². The maximum absolute atomic E-state index is 12.1. The van der Waals surface area contributed by atoms with Crippen LogP contribution in [-0.4, -0.2) is 33.5 Å². The number of nitrogens with one attached hydrogen (secondary N) is 1. The first kappa shape index (κ1) is 14.7. The lowest BCUT2D eigenvalue weighted by Gasteiger charge is -2.21. The largest absolute Gasteiger partial charge is 0.347 e. The van der Waals surface area contributed by atoms with Crippen LogP contribution in [0, 0.1) is 0 Å². The first-order chi connectivity index (χ1) is 9.49. The highest BCUT2D eigenvalue weighted by Crippen LogP contribution is 2.39. The first-order valence-electron chi connectivity index (χ1n) is 6.56. The van der Waals surface area contributed by atoms with Gasteiger partial charge in [-0.3, -0.25) is 0 Å². The van der Waals surface area contributed by atoms with Crippen molar-refractivity contribution in [2.24, 2.45) is 0 Å². The number of hydrogen-bond acceptors (Lipinski definition) is 5. The molecule has 1 saturated carbocycles. The van der Waals surface area contributed by atoms with Gasteiger partial charge in [0.05, 0.1) is 17.0 Å². The number of rotatable bonds is 4. The predicted molar refractivity (Wildman–Crippen MR) is 76.5 cm³/mol. The van der Waals surface area contributed by atoms with Gasteiger partial charge in [-0.05, 0) is 25.0 Å². The van der Waals surface area contributed by atoms with E-state index < -0.39 is 15.8 Å². The molecule has 1 saturated heterocycles. The number of thiophene rings is 1. The van der Waals surface area contributed by atoms with E-state index >= 15 is 0 Å². The first-order valence-corrected chi connectivity index (χ1v) is 9.24. The van der Waals surface area contributed by atoms with Crippen LogP contribution in [0.4, 0.5) is 0 Å². The van der Waals surface area contributed by atoms with Crippen LogP contribution in [-0.2, 0) is 19.5 Å². The van der Waals surface area contributed by atoms with Crippen molar-refractivity contribution >= 4 is 33.0 Å². The van der Waals surface area contributed by atoms with E-state index in [1.807, 2.05) is 0 Å². The summed E-state index contributed by atoms with van der Waals surface area (Å²) in [5.74, 6) is -0.456. The highest BCUT2D eigenvalue weighted by molar-refractivity contribution is 7.91. The van der Waals surface area contributed by atoms with Crippen molar-refractivity contribution < 1.29 is 17.9 Å². The van der Waals surface area contributed by atoms with Crippen molar-refractivity contribution in [2.45, 2.75) is 41.8 Å². The molecule has 1 aliphatic heterocycles. The second-order valence-electron chi connectivity index (χ2n) is 5.08. The molecule has 1 aromatic heterocycles. The van der Waals surface area contributed by atoms with Gasteiger partial charge in [0.15, 0.2) is 5.79 Å². The Morgan fingerprint density at radius 1 is 1.40 bits per heavy atom. The minimum absolute atomic E-state index is 0.219. The lowest BCUT2D eigenvalue weighted by molar-refractivity contribution is -0.160. The molecule has 2 aliphatic rings. The Kier molecular flexibility index (Phi) is 4.09. The van der Waals surface area contributed by atoms with E-state index in [0.717, 1.165) is 37.0 Å². The van der Waals surface area contributed by atoms with Crippen molar-refractivity contribution in [1.29, 1.82) is 0 Å². The molecule has 112 valence electrons. The molecular weight excluding hydrogens is 322 g/mol. The van der Waals surface area contributed by atoms with Crippen molar-refractivity contribution in [3.8, 4) is 0 Å². The zero-order valence-corrected chi connectivity index (χ0v) is 13.2. The zero-order valence-electron chi connectivity index (χ0n) is 10.8. The number of sulfonamides is 1. The molecule has 5 nitrogen and oxygen atoms in total. The molecule has 0 amide bonds. The molecule has 1 unspecified atom stereocenters. The molecule has 0 bridgehead atoms. The number of ether oxygens (including phenoxy) is 2. The van der Waals surface area contributed by atoms with E-state index in [-0.39, 0.29) is 16.9 Å². The molecule has 3 rings (SSSR count). The molecular formula is C12H16ClNO4S2. The van der Waals surface area contributed by atoms with Crippen LogP contribution in [0.3, 0.4) is 0 Å². The summed E-state index contributed by atoms with van der Waals surface area (Å²) in [6.45, 7) is 0.660. The van der Waals surface area contributed by atoms with E-state index in [0.29, 0.717) is 10.9 Å². The summed E-state index contributed by atoms with van der Waals surface area (Å²) in [5.41, 5.74) is 0. The quantitative estimate of drug-likeness (QED) is 0.916. The second-order valence-corrected chi connectivity index (χ2v) is 8.79. The average molecular weight is 338 g/mol. The zero-order chi connectivity index (χ0) is 14.2. The van der Waals surface area contributed by atoms with Gasteiger partial charge in [0, 0.05) is 19.4 Å². The monoisotopic (exact) mass is 337 g/mol. The highest BCUT2D eigenvalue weighted by Gasteiger charge is 2.43. The maximum atomic E-state index is 12.1. The van der Waals surface area contributed by atoms with Crippen LogP contribution in [0.25, 0.3) is 0 Å². The Hall–Kier alpha value is -0.180. The van der Waals surface area contributed by atoms with Gasteiger partial charge in [-0.2, -0.15) is 0 Å².